The molecular formula is C13H13F3N2O. The minimum Gasteiger partial charge on any atom is -0.361 e. The summed E-state index contributed by atoms with van der Waals surface area (Å²) in [7, 11) is 0. The van der Waals surface area contributed by atoms with Crippen LogP contribution in [-0.2, 0) is 13.1 Å². The Kier molecular flexibility index (Phi) is 3.90. The van der Waals surface area contributed by atoms with Gasteiger partial charge in [-0.1, -0.05) is 5.16 Å². The van der Waals surface area contributed by atoms with E-state index in [1.54, 1.807) is 13.8 Å². The van der Waals surface area contributed by atoms with E-state index in [0.29, 0.717) is 18.4 Å². The molecule has 0 bridgehead atoms. The zero-order valence-electron chi connectivity index (χ0n) is 10.6. The first kappa shape index (κ1) is 13.6. The molecule has 0 aliphatic heterocycles. The lowest BCUT2D eigenvalue weighted by Crippen LogP contribution is -2.15. The molecule has 0 saturated carbocycles. The molecule has 6 heteroatoms. The number of hydrogen-bond acceptors (Lipinski definition) is 3. The van der Waals surface area contributed by atoms with Crippen LogP contribution >= 0.6 is 0 Å². The van der Waals surface area contributed by atoms with Gasteiger partial charge in [-0.25, -0.2) is 13.2 Å². The predicted octanol–water partition coefficient (Wildman–Crippen LogP) is 3.00. The Morgan fingerprint density at radius 2 is 1.74 bits per heavy atom. The highest BCUT2D eigenvalue weighted by molar-refractivity contribution is 5.22. The van der Waals surface area contributed by atoms with Crippen molar-refractivity contribution in [2.45, 2.75) is 26.9 Å². The van der Waals surface area contributed by atoms with Crippen LogP contribution in [0.5, 0.6) is 0 Å². The number of nitrogens with one attached hydrogen (secondary N) is 1. The fraction of sp³-hybridized carbons (Fsp3) is 0.308. The minimum absolute atomic E-state index is 0.0747. The number of halogens is 3. The molecule has 0 unspecified atom stereocenters. The van der Waals surface area contributed by atoms with Gasteiger partial charge in [-0.2, -0.15) is 0 Å². The summed E-state index contributed by atoms with van der Waals surface area (Å²) in [5.41, 5.74) is 1.70. The van der Waals surface area contributed by atoms with Crippen molar-refractivity contribution in [3.8, 4) is 0 Å². The van der Waals surface area contributed by atoms with Gasteiger partial charge in [0.2, 0.25) is 0 Å². The molecule has 2 aromatic rings. The van der Waals surface area contributed by atoms with Crippen molar-refractivity contribution in [3.63, 3.8) is 0 Å². The lowest BCUT2D eigenvalue weighted by Gasteiger charge is -2.06. The van der Waals surface area contributed by atoms with E-state index in [1.165, 1.54) is 0 Å². The molecule has 0 spiro atoms. The van der Waals surface area contributed by atoms with Crippen molar-refractivity contribution >= 4 is 0 Å². The van der Waals surface area contributed by atoms with Gasteiger partial charge in [-0.05, 0) is 19.9 Å². The molecule has 1 heterocycles. The summed E-state index contributed by atoms with van der Waals surface area (Å²) in [6.07, 6.45) is 0. The number of nitrogens with zero attached hydrogens (tertiary/aromatic N) is 1. The lowest BCUT2D eigenvalue weighted by atomic mass is 10.1. The van der Waals surface area contributed by atoms with Crippen LogP contribution in [-0.4, -0.2) is 5.16 Å². The van der Waals surface area contributed by atoms with Crippen molar-refractivity contribution in [2.24, 2.45) is 0 Å². The molecule has 0 fully saturated rings. The number of aryl methyl sites for hydroxylation is 2. The molecule has 0 radical (unpaired) electrons. The highest BCUT2D eigenvalue weighted by Gasteiger charge is 2.11. The van der Waals surface area contributed by atoms with Gasteiger partial charge >= 0.3 is 0 Å². The van der Waals surface area contributed by atoms with E-state index < -0.39 is 17.5 Å². The number of rotatable bonds is 4. The second-order valence-electron chi connectivity index (χ2n) is 4.26. The number of aromatic nitrogens is 1. The summed E-state index contributed by atoms with van der Waals surface area (Å²) >= 11 is 0. The fourth-order valence-corrected chi connectivity index (χ4v) is 1.78. The Balaban J connectivity index is 2.02. The molecule has 19 heavy (non-hydrogen) atoms. The van der Waals surface area contributed by atoms with Gasteiger partial charge in [-0.15, -0.1) is 0 Å². The van der Waals surface area contributed by atoms with E-state index in [0.717, 1.165) is 17.3 Å². The van der Waals surface area contributed by atoms with Gasteiger partial charge in [0, 0.05) is 30.3 Å². The standard InChI is InChI=1S/C13H13F3N2O/c1-7-10(8(2)19-18-7)6-17-5-9-3-12(15)13(16)4-11(9)14/h3-4,17H,5-6H2,1-2H3. The summed E-state index contributed by atoms with van der Waals surface area (Å²) in [6.45, 7) is 4.08. The smallest absolute Gasteiger partial charge is 0.161 e. The Labute approximate surface area is 108 Å². The predicted molar refractivity (Wildman–Crippen MR) is 62.8 cm³/mol. The van der Waals surface area contributed by atoms with Gasteiger partial charge < -0.3 is 9.84 Å². The molecule has 0 amide bonds. The molecular weight excluding hydrogens is 257 g/mol. The average molecular weight is 270 g/mol. The second kappa shape index (κ2) is 5.44. The van der Waals surface area contributed by atoms with Crippen molar-refractivity contribution in [2.75, 3.05) is 0 Å². The van der Waals surface area contributed by atoms with E-state index in [-0.39, 0.29) is 12.1 Å². The number of benzene rings is 1. The third-order valence-corrected chi connectivity index (χ3v) is 2.89. The zero-order chi connectivity index (χ0) is 14.0. The molecule has 1 aromatic carbocycles. The molecule has 0 aliphatic rings. The van der Waals surface area contributed by atoms with Crippen molar-refractivity contribution in [1.82, 2.24) is 10.5 Å². The maximum atomic E-state index is 13.4. The largest absolute Gasteiger partial charge is 0.361 e. The summed E-state index contributed by atoms with van der Waals surface area (Å²) in [5, 5.41) is 6.73. The van der Waals surface area contributed by atoms with Crippen molar-refractivity contribution in [1.29, 1.82) is 0 Å². The Hall–Kier alpha value is -1.82. The highest BCUT2D eigenvalue weighted by Crippen LogP contribution is 2.15. The first-order chi connectivity index (χ1) is 8.99. The van der Waals surface area contributed by atoms with E-state index in [9.17, 15) is 13.2 Å². The molecule has 0 aliphatic carbocycles. The Morgan fingerprint density at radius 3 is 2.37 bits per heavy atom. The maximum absolute atomic E-state index is 13.4. The van der Waals surface area contributed by atoms with Crippen LogP contribution in [0.1, 0.15) is 22.6 Å². The molecule has 0 atom stereocenters. The van der Waals surface area contributed by atoms with Gasteiger partial charge in [0.25, 0.3) is 0 Å². The van der Waals surface area contributed by atoms with E-state index in [4.69, 9.17) is 4.52 Å². The second-order valence-corrected chi connectivity index (χ2v) is 4.26. The fourth-order valence-electron chi connectivity index (χ4n) is 1.78. The monoisotopic (exact) mass is 270 g/mol. The van der Waals surface area contributed by atoms with Crippen LogP contribution in [0.2, 0.25) is 0 Å². The lowest BCUT2D eigenvalue weighted by molar-refractivity contribution is 0.392. The topological polar surface area (TPSA) is 38.1 Å². The van der Waals surface area contributed by atoms with Crippen LogP contribution in [0.4, 0.5) is 13.2 Å². The van der Waals surface area contributed by atoms with Gasteiger partial charge in [0.15, 0.2) is 11.6 Å². The third kappa shape index (κ3) is 2.96. The average Bonchev–Trinajstić information content (AvgIpc) is 2.67. The van der Waals surface area contributed by atoms with Crippen LogP contribution in [0.25, 0.3) is 0 Å². The first-order valence-corrected chi connectivity index (χ1v) is 5.75. The SMILES string of the molecule is Cc1noc(C)c1CNCc1cc(F)c(F)cc1F. The van der Waals surface area contributed by atoms with E-state index in [1.807, 2.05) is 0 Å². The molecule has 0 saturated heterocycles. The molecule has 1 aromatic heterocycles. The third-order valence-electron chi connectivity index (χ3n) is 2.89. The van der Waals surface area contributed by atoms with E-state index >= 15 is 0 Å². The van der Waals surface area contributed by atoms with Gasteiger partial charge in [0.05, 0.1) is 5.69 Å². The summed E-state index contributed by atoms with van der Waals surface area (Å²) < 4.78 is 44.1. The maximum Gasteiger partial charge on any atom is 0.161 e. The summed E-state index contributed by atoms with van der Waals surface area (Å²) in [5.74, 6) is -2.34. The number of hydrogen-bond donors (Lipinski definition) is 1. The van der Waals surface area contributed by atoms with Crippen LogP contribution < -0.4 is 5.32 Å². The van der Waals surface area contributed by atoms with Crippen molar-refractivity contribution in [3.05, 3.63) is 52.2 Å². The Bertz CT molecular complexity index is 576. The summed E-state index contributed by atoms with van der Waals surface area (Å²) in [4.78, 5) is 0. The minimum atomic E-state index is -1.19. The molecule has 3 nitrogen and oxygen atoms in total. The van der Waals surface area contributed by atoms with Gasteiger partial charge in [-0.3, -0.25) is 0 Å². The van der Waals surface area contributed by atoms with Crippen LogP contribution in [0, 0.1) is 31.3 Å². The molecule has 2 rings (SSSR count). The summed E-state index contributed by atoms with van der Waals surface area (Å²) in [6, 6.07) is 1.40. The molecule has 102 valence electrons. The highest BCUT2D eigenvalue weighted by atomic mass is 19.2. The van der Waals surface area contributed by atoms with Crippen molar-refractivity contribution < 1.29 is 17.7 Å². The van der Waals surface area contributed by atoms with Crippen LogP contribution in [0.3, 0.4) is 0 Å². The Morgan fingerprint density at radius 1 is 1.05 bits per heavy atom. The van der Waals surface area contributed by atoms with Crippen LogP contribution in [0.15, 0.2) is 16.7 Å². The normalized spacial score (nSPS) is 11.0. The quantitative estimate of drug-likeness (QED) is 0.868. The van der Waals surface area contributed by atoms with E-state index in [2.05, 4.69) is 10.5 Å². The first-order valence-electron chi connectivity index (χ1n) is 5.75. The molecule has 1 N–H and O–H groups in total. The van der Waals surface area contributed by atoms with Gasteiger partial charge in [0.1, 0.15) is 11.6 Å². The zero-order valence-corrected chi connectivity index (χ0v) is 10.6.